The van der Waals surface area contributed by atoms with E-state index in [1.165, 1.54) is 12.4 Å². The number of aromatic nitrogens is 2. The summed E-state index contributed by atoms with van der Waals surface area (Å²) in [5.41, 5.74) is 0. The molecule has 0 spiro atoms. The molecule has 0 amide bonds. The van der Waals surface area contributed by atoms with E-state index in [9.17, 15) is 9.00 Å². The van der Waals surface area contributed by atoms with E-state index >= 15 is 0 Å². The highest BCUT2D eigenvalue weighted by Crippen LogP contribution is 1.94. The fourth-order valence-electron chi connectivity index (χ4n) is 0.737. The summed E-state index contributed by atoms with van der Waals surface area (Å²) in [6.07, 6.45) is 3.06. The normalized spacial score (nSPS) is 12.3. The van der Waals surface area contributed by atoms with Crippen LogP contribution < -0.4 is 0 Å². The van der Waals surface area contributed by atoms with Crippen molar-refractivity contribution in [3.05, 3.63) is 24.3 Å². The second-order valence-electron chi connectivity index (χ2n) is 2.29. The fourth-order valence-corrected chi connectivity index (χ4v) is 1.55. The molecule has 0 radical (unpaired) electrons. The number of carbonyl (C=O) groups is 1. The van der Waals surface area contributed by atoms with Crippen molar-refractivity contribution in [1.82, 2.24) is 9.97 Å². The molecule has 70 valence electrons. The lowest BCUT2D eigenvalue weighted by Crippen LogP contribution is -2.11. The summed E-state index contributed by atoms with van der Waals surface area (Å²) in [6.45, 7) is 0. The Kier molecular flexibility index (Phi) is 3.51. The highest BCUT2D eigenvalue weighted by molar-refractivity contribution is 7.84. The van der Waals surface area contributed by atoms with Crippen molar-refractivity contribution in [3.8, 4) is 0 Å². The van der Waals surface area contributed by atoms with Gasteiger partial charge in [-0.2, -0.15) is 0 Å². The van der Waals surface area contributed by atoms with Crippen LogP contribution in [0.4, 0.5) is 0 Å². The third kappa shape index (κ3) is 3.75. The van der Waals surface area contributed by atoms with Crippen LogP contribution in [0.15, 0.2) is 18.5 Å². The minimum Gasteiger partial charge on any atom is -0.481 e. The molecular formula is C7H8N2O3S. The summed E-state index contributed by atoms with van der Waals surface area (Å²) < 4.78 is 11.1. The van der Waals surface area contributed by atoms with Crippen LogP contribution >= 0.6 is 0 Å². The average molecular weight is 200 g/mol. The molecule has 0 aliphatic heterocycles. The van der Waals surface area contributed by atoms with Crippen molar-refractivity contribution in [2.24, 2.45) is 0 Å². The van der Waals surface area contributed by atoms with Gasteiger partial charge in [0.05, 0.1) is 5.75 Å². The molecule has 13 heavy (non-hydrogen) atoms. The van der Waals surface area contributed by atoms with E-state index in [0.29, 0.717) is 5.82 Å². The Morgan fingerprint density at radius 2 is 2.08 bits per heavy atom. The molecule has 1 atom stereocenters. The maximum atomic E-state index is 11.1. The molecule has 0 fully saturated rings. The average Bonchev–Trinajstić information content (AvgIpc) is 2.04. The first kappa shape index (κ1) is 9.79. The Hall–Kier alpha value is -1.30. The molecule has 1 N–H and O–H groups in total. The van der Waals surface area contributed by atoms with Crippen molar-refractivity contribution in [2.75, 3.05) is 5.75 Å². The highest BCUT2D eigenvalue weighted by Gasteiger charge is 2.07. The molecule has 0 saturated carbocycles. The first-order chi connectivity index (χ1) is 6.18. The smallest absolute Gasteiger partial charge is 0.316 e. The van der Waals surface area contributed by atoms with Crippen molar-refractivity contribution >= 4 is 16.8 Å². The zero-order chi connectivity index (χ0) is 9.68. The Labute approximate surface area is 77.3 Å². The lowest BCUT2D eigenvalue weighted by atomic mass is 10.6. The van der Waals surface area contributed by atoms with Gasteiger partial charge in [-0.25, -0.2) is 9.97 Å². The van der Waals surface area contributed by atoms with Crippen molar-refractivity contribution in [1.29, 1.82) is 0 Å². The van der Waals surface area contributed by atoms with Gasteiger partial charge < -0.3 is 5.11 Å². The zero-order valence-corrected chi connectivity index (χ0v) is 7.53. The molecule has 0 bridgehead atoms. The molecule has 0 saturated heterocycles. The predicted octanol–water partition coefficient (Wildman–Crippen LogP) is -0.190. The summed E-state index contributed by atoms with van der Waals surface area (Å²) in [7, 11) is -1.43. The Bertz CT molecular complexity index is 315. The van der Waals surface area contributed by atoms with E-state index in [-0.39, 0.29) is 11.5 Å². The van der Waals surface area contributed by atoms with Gasteiger partial charge in [0.1, 0.15) is 11.6 Å². The second-order valence-corrected chi connectivity index (χ2v) is 3.74. The Morgan fingerprint density at radius 3 is 2.62 bits per heavy atom. The van der Waals surface area contributed by atoms with Crippen LogP contribution in [0.2, 0.25) is 0 Å². The van der Waals surface area contributed by atoms with Crippen molar-refractivity contribution in [3.63, 3.8) is 0 Å². The third-order valence-electron chi connectivity index (χ3n) is 1.19. The van der Waals surface area contributed by atoms with Crippen LogP contribution in [-0.2, 0) is 21.3 Å². The molecule has 1 rings (SSSR count). The molecule has 0 aromatic carbocycles. The number of aliphatic carboxylic acids is 1. The van der Waals surface area contributed by atoms with Crippen molar-refractivity contribution in [2.45, 2.75) is 5.75 Å². The van der Waals surface area contributed by atoms with E-state index in [0.717, 1.165) is 0 Å². The monoisotopic (exact) mass is 200 g/mol. The number of carboxylic acid groups (broad SMARTS) is 1. The lowest BCUT2D eigenvalue weighted by Gasteiger charge is -1.96. The molecule has 0 aliphatic carbocycles. The zero-order valence-electron chi connectivity index (χ0n) is 6.71. The van der Waals surface area contributed by atoms with Gasteiger partial charge in [-0.3, -0.25) is 9.00 Å². The van der Waals surface area contributed by atoms with Gasteiger partial charge in [-0.1, -0.05) is 0 Å². The summed E-state index contributed by atoms with van der Waals surface area (Å²) in [5.74, 6) is -0.942. The minimum atomic E-state index is -1.43. The number of carboxylic acids is 1. The summed E-state index contributed by atoms with van der Waals surface area (Å²) in [6, 6.07) is 1.64. The molecular weight excluding hydrogens is 192 g/mol. The van der Waals surface area contributed by atoms with Crippen LogP contribution in [0.1, 0.15) is 5.82 Å². The van der Waals surface area contributed by atoms with Gasteiger partial charge in [0.15, 0.2) is 0 Å². The molecule has 5 nitrogen and oxygen atoms in total. The highest BCUT2D eigenvalue weighted by atomic mass is 32.2. The van der Waals surface area contributed by atoms with Crippen molar-refractivity contribution < 1.29 is 14.1 Å². The first-order valence-electron chi connectivity index (χ1n) is 3.51. The number of hydrogen-bond donors (Lipinski definition) is 1. The summed E-state index contributed by atoms with van der Waals surface area (Å²) >= 11 is 0. The van der Waals surface area contributed by atoms with Gasteiger partial charge in [0.2, 0.25) is 0 Å². The molecule has 6 heteroatoms. The summed E-state index contributed by atoms with van der Waals surface area (Å²) in [4.78, 5) is 17.8. The van der Waals surface area contributed by atoms with E-state index in [4.69, 9.17) is 5.11 Å². The van der Waals surface area contributed by atoms with Gasteiger partial charge >= 0.3 is 5.97 Å². The third-order valence-corrected chi connectivity index (χ3v) is 2.34. The van der Waals surface area contributed by atoms with Gasteiger partial charge in [-0.15, -0.1) is 0 Å². The van der Waals surface area contributed by atoms with Gasteiger partial charge in [0.25, 0.3) is 0 Å². The molecule has 1 aromatic heterocycles. The van der Waals surface area contributed by atoms with Crippen LogP contribution in [0, 0.1) is 0 Å². The van der Waals surface area contributed by atoms with Gasteiger partial charge in [-0.05, 0) is 6.07 Å². The molecule has 1 aromatic rings. The van der Waals surface area contributed by atoms with Crippen LogP contribution in [0.25, 0.3) is 0 Å². The Balaban J connectivity index is 2.50. The second kappa shape index (κ2) is 4.66. The van der Waals surface area contributed by atoms with E-state index in [2.05, 4.69) is 9.97 Å². The maximum absolute atomic E-state index is 11.1. The SMILES string of the molecule is O=C(O)CS(=O)Cc1ncccn1. The van der Waals surface area contributed by atoms with Crippen LogP contribution in [-0.4, -0.2) is 31.0 Å². The standard InChI is InChI=1S/C7H8N2O3S/c10-7(11)5-13(12)4-6-8-2-1-3-9-6/h1-3H,4-5H2,(H,10,11). The predicted molar refractivity (Wildman–Crippen MR) is 46.4 cm³/mol. The molecule has 1 unspecified atom stereocenters. The largest absolute Gasteiger partial charge is 0.481 e. The molecule has 0 aliphatic rings. The molecule has 1 heterocycles. The number of nitrogens with zero attached hydrogens (tertiary/aromatic N) is 2. The van der Waals surface area contributed by atoms with Crippen LogP contribution in [0.3, 0.4) is 0 Å². The number of hydrogen-bond acceptors (Lipinski definition) is 4. The topological polar surface area (TPSA) is 80.1 Å². The number of rotatable bonds is 4. The van der Waals surface area contributed by atoms with E-state index < -0.39 is 16.8 Å². The fraction of sp³-hybridized carbons (Fsp3) is 0.286. The quantitative estimate of drug-likeness (QED) is 0.728. The van der Waals surface area contributed by atoms with E-state index in [1.807, 2.05) is 0 Å². The maximum Gasteiger partial charge on any atom is 0.316 e. The first-order valence-corrected chi connectivity index (χ1v) is 5.00. The minimum absolute atomic E-state index is 0.0904. The lowest BCUT2D eigenvalue weighted by molar-refractivity contribution is -0.133. The Morgan fingerprint density at radius 1 is 1.46 bits per heavy atom. The van der Waals surface area contributed by atoms with Crippen LogP contribution in [0.5, 0.6) is 0 Å². The van der Waals surface area contributed by atoms with Gasteiger partial charge in [0, 0.05) is 23.2 Å². The summed E-state index contributed by atoms with van der Waals surface area (Å²) in [5, 5.41) is 8.33. The van der Waals surface area contributed by atoms with E-state index in [1.54, 1.807) is 6.07 Å².